The van der Waals surface area contributed by atoms with Gasteiger partial charge in [-0.1, -0.05) is 13.8 Å². The molecule has 0 atom stereocenters. The van der Waals surface area contributed by atoms with Crippen LogP contribution in [0.5, 0.6) is 5.75 Å². The summed E-state index contributed by atoms with van der Waals surface area (Å²) in [6.45, 7) is 7.82. The van der Waals surface area contributed by atoms with Crippen LogP contribution in [0.15, 0.2) is 42.5 Å². The lowest BCUT2D eigenvalue weighted by molar-refractivity contribution is 0.0949. The number of carbonyl (C=O) groups excluding carboxylic acids is 1. The van der Waals surface area contributed by atoms with E-state index in [1.807, 2.05) is 25.1 Å². The molecule has 2 N–H and O–H groups in total. The third-order valence-corrected chi connectivity index (χ3v) is 3.66. The molecule has 0 saturated carbocycles. The highest BCUT2D eigenvalue weighted by molar-refractivity contribution is 5.94. The third-order valence-electron chi connectivity index (χ3n) is 3.66. The molecule has 2 rings (SSSR count). The molecule has 0 bridgehead atoms. The van der Waals surface area contributed by atoms with Gasteiger partial charge in [0.15, 0.2) is 0 Å². The van der Waals surface area contributed by atoms with Crippen LogP contribution < -0.4 is 15.4 Å². The number of amides is 1. The lowest BCUT2D eigenvalue weighted by atomic mass is 10.1. The molecule has 0 spiro atoms. The summed E-state index contributed by atoms with van der Waals surface area (Å²) in [7, 11) is 0. The Bertz CT molecular complexity index is 699. The normalized spacial score (nSPS) is 10.6. The van der Waals surface area contributed by atoms with E-state index in [1.165, 1.54) is 12.1 Å². The summed E-state index contributed by atoms with van der Waals surface area (Å²) in [6.07, 6.45) is 0. The van der Waals surface area contributed by atoms with E-state index in [0.717, 1.165) is 11.3 Å². The fourth-order valence-electron chi connectivity index (χ4n) is 2.29. The van der Waals surface area contributed by atoms with Gasteiger partial charge in [-0.15, -0.1) is 0 Å². The van der Waals surface area contributed by atoms with Crippen LogP contribution >= 0.6 is 0 Å². The first kappa shape index (κ1) is 18.8. The Kier molecular flexibility index (Phi) is 6.81. The number of ether oxygens (including phenoxy) is 1. The molecular formula is C20H25FN2O2. The summed E-state index contributed by atoms with van der Waals surface area (Å²) in [5.41, 5.74) is 2.62. The Balaban J connectivity index is 1.82. The molecule has 0 aliphatic heterocycles. The zero-order valence-corrected chi connectivity index (χ0v) is 14.9. The Hall–Kier alpha value is -2.56. The maximum absolute atomic E-state index is 12.8. The summed E-state index contributed by atoms with van der Waals surface area (Å²) >= 11 is 0. The van der Waals surface area contributed by atoms with Crippen LogP contribution in [0.1, 0.15) is 29.8 Å². The summed E-state index contributed by atoms with van der Waals surface area (Å²) in [5, 5.41) is 6.19. The number of carbonyl (C=O) groups is 1. The van der Waals surface area contributed by atoms with Crippen molar-refractivity contribution in [2.75, 3.05) is 25.0 Å². The topological polar surface area (TPSA) is 50.4 Å². The zero-order valence-electron chi connectivity index (χ0n) is 14.9. The number of aryl methyl sites for hydroxylation is 1. The third kappa shape index (κ3) is 6.10. The summed E-state index contributed by atoms with van der Waals surface area (Å²) in [6, 6.07) is 11.5. The molecular weight excluding hydrogens is 319 g/mol. The number of nitrogens with one attached hydrogen (secondary N) is 2. The first-order valence-corrected chi connectivity index (χ1v) is 8.47. The molecule has 1 amide bonds. The highest BCUT2D eigenvalue weighted by atomic mass is 19.1. The molecule has 2 aromatic rings. The van der Waals surface area contributed by atoms with E-state index in [4.69, 9.17) is 4.74 Å². The van der Waals surface area contributed by atoms with E-state index in [-0.39, 0.29) is 11.7 Å². The number of hydrogen-bond acceptors (Lipinski definition) is 3. The molecule has 5 heteroatoms. The van der Waals surface area contributed by atoms with Crippen LogP contribution in [0.4, 0.5) is 10.1 Å². The van der Waals surface area contributed by atoms with Crippen LogP contribution in [0.2, 0.25) is 0 Å². The van der Waals surface area contributed by atoms with Crippen molar-refractivity contribution in [3.8, 4) is 5.75 Å². The number of anilines is 1. The van der Waals surface area contributed by atoms with Gasteiger partial charge in [0.25, 0.3) is 5.91 Å². The van der Waals surface area contributed by atoms with Crippen molar-refractivity contribution in [3.63, 3.8) is 0 Å². The number of benzene rings is 2. The second-order valence-corrected chi connectivity index (χ2v) is 6.36. The van der Waals surface area contributed by atoms with Crippen molar-refractivity contribution >= 4 is 11.6 Å². The molecule has 0 fully saturated rings. The van der Waals surface area contributed by atoms with Crippen LogP contribution in [0, 0.1) is 18.7 Å². The number of halogens is 1. The minimum absolute atomic E-state index is 0.0528. The van der Waals surface area contributed by atoms with E-state index >= 15 is 0 Å². The highest BCUT2D eigenvalue weighted by Gasteiger charge is 2.08. The maximum atomic E-state index is 12.8. The number of rotatable bonds is 8. The lowest BCUT2D eigenvalue weighted by Gasteiger charge is -2.13. The van der Waals surface area contributed by atoms with Gasteiger partial charge in [0.1, 0.15) is 18.2 Å². The van der Waals surface area contributed by atoms with Crippen LogP contribution in [-0.2, 0) is 0 Å². The van der Waals surface area contributed by atoms with Gasteiger partial charge in [-0.2, -0.15) is 0 Å². The van der Waals surface area contributed by atoms with E-state index in [9.17, 15) is 9.18 Å². The Morgan fingerprint density at radius 2 is 1.88 bits per heavy atom. The van der Waals surface area contributed by atoms with E-state index in [0.29, 0.717) is 36.9 Å². The van der Waals surface area contributed by atoms with Gasteiger partial charge in [-0.25, -0.2) is 4.39 Å². The fourth-order valence-corrected chi connectivity index (χ4v) is 2.29. The molecule has 134 valence electrons. The average Bonchev–Trinajstić information content (AvgIpc) is 2.59. The van der Waals surface area contributed by atoms with Gasteiger partial charge in [0, 0.05) is 24.3 Å². The second kappa shape index (κ2) is 9.06. The molecule has 0 aliphatic rings. The molecule has 0 saturated heterocycles. The van der Waals surface area contributed by atoms with Gasteiger partial charge in [-0.3, -0.25) is 4.79 Å². The minimum atomic E-state index is -0.279. The summed E-state index contributed by atoms with van der Waals surface area (Å²) in [5.74, 6) is 0.728. The second-order valence-electron chi connectivity index (χ2n) is 6.36. The number of hydrogen-bond donors (Lipinski definition) is 2. The predicted molar refractivity (Wildman–Crippen MR) is 98.7 cm³/mol. The predicted octanol–water partition coefficient (Wildman–Crippen LogP) is 4.01. The SMILES string of the molecule is Cc1cc(C(=O)NCC(C)C)ccc1NCCOc1ccc(F)cc1. The van der Waals surface area contributed by atoms with Crippen LogP contribution in [0.3, 0.4) is 0 Å². The minimum Gasteiger partial charge on any atom is -0.492 e. The molecule has 0 radical (unpaired) electrons. The Morgan fingerprint density at radius 1 is 1.16 bits per heavy atom. The van der Waals surface area contributed by atoms with Gasteiger partial charge in [-0.05, 0) is 60.9 Å². The van der Waals surface area contributed by atoms with Crippen molar-refractivity contribution in [2.24, 2.45) is 5.92 Å². The fraction of sp³-hybridized carbons (Fsp3) is 0.350. The summed E-state index contributed by atoms with van der Waals surface area (Å²) in [4.78, 5) is 12.1. The molecule has 0 unspecified atom stereocenters. The molecule has 0 aromatic heterocycles. The molecule has 2 aromatic carbocycles. The molecule has 0 heterocycles. The lowest BCUT2D eigenvalue weighted by Crippen LogP contribution is -2.27. The van der Waals surface area contributed by atoms with Crippen LogP contribution in [0.25, 0.3) is 0 Å². The van der Waals surface area contributed by atoms with Crippen molar-refractivity contribution < 1.29 is 13.9 Å². The highest BCUT2D eigenvalue weighted by Crippen LogP contribution is 2.17. The van der Waals surface area contributed by atoms with Crippen LogP contribution in [-0.4, -0.2) is 25.6 Å². The first-order valence-electron chi connectivity index (χ1n) is 8.47. The van der Waals surface area contributed by atoms with Crippen molar-refractivity contribution in [1.82, 2.24) is 5.32 Å². The van der Waals surface area contributed by atoms with Crippen molar-refractivity contribution in [1.29, 1.82) is 0 Å². The van der Waals surface area contributed by atoms with Gasteiger partial charge >= 0.3 is 0 Å². The van der Waals surface area contributed by atoms with E-state index in [2.05, 4.69) is 24.5 Å². The monoisotopic (exact) mass is 344 g/mol. The standard InChI is InChI=1S/C20H25FN2O2/c1-14(2)13-23-20(24)16-4-9-19(15(3)12-16)22-10-11-25-18-7-5-17(21)6-8-18/h4-9,12,14,22H,10-11,13H2,1-3H3,(H,23,24). The summed E-state index contributed by atoms with van der Waals surface area (Å²) < 4.78 is 18.4. The Labute approximate surface area is 148 Å². The van der Waals surface area contributed by atoms with Crippen molar-refractivity contribution in [3.05, 3.63) is 59.4 Å². The quantitative estimate of drug-likeness (QED) is 0.712. The van der Waals surface area contributed by atoms with Gasteiger partial charge in [0.2, 0.25) is 0 Å². The molecule has 4 nitrogen and oxygen atoms in total. The van der Waals surface area contributed by atoms with Gasteiger partial charge < -0.3 is 15.4 Å². The van der Waals surface area contributed by atoms with Crippen molar-refractivity contribution in [2.45, 2.75) is 20.8 Å². The largest absolute Gasteiger partial charge is 0.492 e. The first-order chi connectivity index (χ1) is 12.0. The smallest absolute Gasteiger partial charge is 0.251 e. The Morgan fingerprint density at radius 3 is 2.52 bits per heavy atom. The maximum Gasteiger partial charge on any atom is 0.251 e. The van der Waals surface area contributed by atoms with E-state index in [1.54, 1.807) is 12.1 Å². The molecule has 0 aliphatic carbocycles. The molecule has 25 heavy (non-hydrogen) atoms. The average molecular weight is 344 g/mol. The van der Waals surface area contributed by atoms with E-state index < -0.39 is 0 Å². The van der Waals surface area contributed by atoms with Gasteiger partial charge in [0.05, 0.1) is 0 Å². The zero-order chi connectivity index (χ0) is 18.2.